The molecule has 0 fully saturated rings. The maximum atomic E-state index is 12.8. The standard InChI is InChI=1S/C16H15F3N4OS/c1-9(20-2)6-13-22-14(24-23-13)12-8-25-15(21-12)10-4-3-5-11(7-10)16(17,18)19/h3-5,7-9,20H,6H2,1-2H3. The van der Waals surface area contributed by atoms with Crippen LogP contribution in [-0.4, -0.2) is 28.2 Å². The zero-order valence-electron chi connectivity index (χ0n) is 13.5. The summed E-state index contributed by atoms with van der Waals surface area (Å²) in [6, 6.07) is 5.26. The minimum absolute atomic E-state index is 0.196. The van der Waals surface area contributed by atoms with Gasteiger partial charge in [-0.25, -0.2) is 4.98 Å². The molecule has 0 bridgehead atoms. The molecule has 0 aliphatic rings. The zero-order valence-corrected chi connectivity index (χ0v) is 14.3. The molecule has 0 saturated heterocycles. The van der Waals surface area contributed by atoms with Crippen molar-refractivity contribution in [2.45, 2.75) is 25.6 Å². The summed E-state index contributed by atoms with van der Waals surface area (Å²) in [6.07, 6.45) is -3.79. The third-order valence-corrected chi connectivity index (χ3v) is 4.50. The molecular formula is C16H15F3N4OS. The van der Waals surface area contributed by atoms with Crippen molar-refractivity contribution in [1.82, 2.24) is 20.4 Å². The highest BCUT2D eigenvalue weighted by Gasteiger charge is 2.30. The number of hydrogen-bond donors (Lipinski definition) is 1. The van der Waals surface area contributed by atoms with E-state index in [9.17, 15) is 13.2 Å². The molecule has 5 nitrogen and oxygen atoms in total. The van der Waals surface area contributed by atoms with Crippen LogP contribution in [0.4, 0.5) is 13.2 Å². The first-order valence-electron chi connectivity index (χ1n) is 7.50. The second kappa shape index (κ2) is 6.93. The van der Waals surface area contributed by atoms with E-state index in [2.05, 4.69) is 20.4 Å². The zero-order chi connectivity index (χ0) is 18.0. The van der Waals surface area contributed by atoms with Crippen LogP contribution in [0.5, 0.6) is 0 Å². The van der Waals surface area contributed by atoms with Crippen molar-refractivity contribution in [2.24, 2.45) is 0 Å². The summed E-state index contributed by atoms with van der Waals surface area (Å²) in [5, 5.41) is 9.13. The molecule has 2 aromatic heterocycles. The molecule has 9 heteroatoms. The SMILES string of the molecule is CNC(C)Cc1noc(-c2csc(-c3cccc(C(F)(F)F)c3)n2)n1. The van der Waals surface area contributed by atoms with Gasteiger partial charge in [0, 0.05) is 23.4 Å². The number of thiazole rings is 1. The van der Waals surface area contributed by atoms with E-state index in [0.717, 1.165) is 12.1 Å². The van der Waals surface area contributed by atoms with Gasteiger partial charge < -0.3 is 9.84 Å². The number of hydrogen-bond acceptors (Lipinski definition) is 6. The van der Waals surface area contributed by atoms with E-state index in [-0.39, 0.29) is 11.9 Å². The molecule has 0 aliphatic heterocycles. The van der Waals surface area contributed by atoms with E-state index in [1.165, 1.54) is 17.4 Å². The summed E-state index contributed by atoms with van der Waals surface area (Å²) in [6.45, 7) is 1.99. The van der Waals surface area contributed by atoms with Crippen molar-refractivity contribution in [1.29, 1.82) is 0 Å². The first-order valence-corrected chi connectivity index (χ1v) is 8.38. The Morgan fingerprint density at radius 1 is 1.28 bits per heavy atom. The molecule has 0 spiro atoms. The summed E-state index contributed by atoms with van der Waals surface area (Å²) >= 11 is 1.23. The summed E-state index contributed by atoms with van der Waals surface area (Å²) < 4.78 is 43.7. The number of nitrogens with zero attached hydrogens (tertiary/aromatic N) is 3. The Balaban J connectivity index is 1.84. The Hall–Kier alpha value is -2.26. The molecule has 25 heavy (non-hydrogen) atoms. The highest BCUT2D eigenvalue weighted by Crippen LogP contribution is 2.34. The Morgan fingerprint density at radius 3 is 2.80 bits per heavy atom. The van der Waals surface area contributed by atoms with Gasteiger partial charge in [0.15, 0.2) is 5.82 Å². The Labute approximate surface area is 145 Å². The predicted octanol–water partition coefficient (Wildman–Crippen LogP) is 4.03. The second-order valence-corrected chi connectivity index (χ2v) is 6.38. The van der Waals surface area contributed by atoms with Crippen LogP contribution in [0.2, 0.25) is 0 Å². The third kappa shape index (κ3) is 4.05. The number of rotatable bonds is 5. The summed E-state index contributed by atoms with van der Waals surface area (Å²) in [5.74, 6) is 0.804. The van der Waals surface area contributed by atoms with E-state index in [0.29, 0.717) is 28.5 Å². The molecule has 3 rings (SSSR count). The van der Waals surface area contributed by atoms with Crippen LogP contribution in [-0.2, 0) is 12.6 Å². The van der Waals surface area contributed by atoms with Crippen molar-refractivity contribution in [3.63, 3.8) is 0 Å². The molecule has 1 unspecified atom stereocenters. The first-order chi connectivity index (χ1) is 11.9. The summed E-state index contributed by atoms with van der Waals surface area (Å²) in [5.41, 5.74) is 0.144. The molecular weight excluding hydrogens is 353 g/mol. The van der Waals surface area contributed by atoms with Crippen molar-refractivity contribution in [3.05, 3.63) is 41.0 Å². The number of likely N-dealkylation sites (N-methyl/N-ethyl adjacent to an activating group) is 1. The van der Waals surface area contributed by atoms with Gasteiger partial charge in [-0.05, 0) is 26.1 Å². The molecule has 1 atom stereocenters. The van der Waals surface area contributed by atoms with Crippen LogP contribution in [0, 0.1) is 0 Å². The Kier molecular flexibility index (Phi) is 4.87. The molecule has 132 valence electrons. The lowest BCUT2D eigenvalue weighted by Crippen LogP contribution is -2.24. The van der Waals surface area contributed by atoms with Gasteiger partial charge in [0.25, 0.3) is 5.89 Å². The highest BCUT2D eigenvalue weighted by molar-refractivity contribution is 7.13. The number of nitrogens with one attached hydrogen (secondary N) is 1. The maximum absolute atomic E-state index is 12.8. The number of halogens is 3. The molecule has 0 amide bonds. The smallest absolute Gasteiger partial charge is 0.332 e. The number of benzene rings is 1. The van der Waals surface area contributed by atoms with Crippen LogP contribution in [0.25, 0.3) is 22.2 Å². The average Bonchev–Trinajstić information content (AvgIpc) is 3.23. The summed E-state index contributed by atoms with van der Waals surface area (Å²) in [7, 11) is 1.84. The van der Waals surface area contributed by atoms with Gasteiger partial charge in [0.1, 0.15) is 10.7 Å². The van der Waals surface area contributed by atoms with Gasteiger partial charge in [0.05, 0.1) is 5.56 Å². The van der Waals surface area contributed by atoms with Crippen molar-refractivity contribution in [3.8, 4) is 22.2 Å². The van der Waals surface area contributed by atoms with Gasteiger partial charge in [-0.2, -0.15) is 18.2 Å². The second-order valence-electron chi connectivity index (χ2n) is 5.53. The molecule has 0 aliphatic carbocycles. The minimum atomic E-state index is -4.39. The van der Waals surface area contributed by atoms with E-state index in [1.807, 2.05) is 14.0 Å². The Bertz CT molecular complexity index is 859. The van der Waals surface area contributed by atoms with Crippen LogP contribution in [0.3, 0.4) is 0 Å². The number of aromatic nitrogens is 3. The van der Waals surface area contributed by atoms with Crippen molar-refractivity contribution < 1.29 is 17.7 Å². The quantitative estimate of drug-likeness (QED) is 0.737. The fraction of sp³-hybridized carbons (Fsp3) is 0.312. The lowest BCUT2D eigenvalue weighted by Gasteiger charge is -2.07. The van der Waals surface area contributed by atoms with Gasteiger partial charge in [-0.15, -0.1) is 11.3 Å². The molecule has 2 heterocycles. The summed E-state index contributed by atoms with van der Waals surface area (Å²) in [4.78, 5) is 8.60. The van der Waals surface area contributed by atoms with Crippen LogP contribution < -0.4 is 5.32 Å². The van der Waals surface area contributed by atoms with Gasteiger partial charge in [-0.1, -0.05) is 17.3 Å². The average molecular weight is 368 g/mol. The van der Waals surface area contributed by atoms with Crippen LogP contribution >= 0.6 is 11.3 Å². The molecule has 0 saturated carbocycles. The molecule has 1 aromatic carbocycles. The van der Waals surface area contributed by atoms with E-state index < -0.39 is 11.7 Å². The fourth-order valence-corrected chi connectivity index (χ4v) is 2.94. The van der Waals surface area contributed by atoms with Crippen molar-refractivity contribution in [2.75, 3.05) is 7.05 Å². The van der Waals surface area contributed by atoms with E-state index >= 15 is 0 Å². The Morgan fingerprint density at radius 2 is 2.08 bits per heavy atom. The molecule has 3 aromatic rings. The maximum Gasteiger partial charge on any atom is 0.416 e. The molecule has 1 N–H and O–H groups in total. The van der Waals surface area contributed by atoms with Gasteiger partial charge in [-0.3, -0.25) is 0 Å². The fourth-order valence-electron chi connectivity index (χ4n) is 2.15. The van der Waals surface area contributed by atoms with E-state index in [1.54, 1.807) is 11.4 Å². The predicted molar refractivity (Wildman–Crippen MR) is 88.1 cm³/mol. The largest absolute Gasteiger partial charge is 0.416 e. The van der Waals surface area contributed by atoms with Crippen LogP contribution in [0.15, 0.2) is 34.2 Å². The topological polar surface area (TPSA) is 63.8 Å². The first kappa shape index (κ1) is 17.6. The minimum Gasteiger partial charge on any atom is -0.332 e. The van der Waals surface area contributed by atoms with Gasteiger partial charge in [0.2, 0.25) is 0 Å². The normalized spacial score (nSPS) is 13.2. The van der Waals surface area contributed by atoms with Crippen LogP contribution in [0.1, 0.15) is 18.3 Å². The third-order valence-electron chi connectivity index (χ3n) is 3.61. The molecule has 0 radical (unpaired) electrons. The van der Waals surface area contributed by atoms with Crippen molar-refractivity contribution >= 4 is 11.3 Å². The highest BCUT2D eigenvalue weighted by atomic mass is 32.1. The van der Waals surface area contributed by atoms with E-state index in [4.69, 9.17) is 4.52 Å². The monoisotopic (exact) mass is 368 g/mol. The van der Waals surface area contributed by atoms with Gasteiger partial charge >= 0.3 is 6.18 Å². The lowest BCUT2D eigenvalue weighted by molar-refractivity contribution is -0.137. The number of alkyl halides is 3. The lowest BCUT2D eigenvalue weighted by atomic mass is 10.1.